The summed E-state index contributed by atoms with van der Waals surface area (Å²) in [6.45, 7) is 4.31. The molecule has 0 fully saturated rings. The summed E-state index contributed by atoms with van der Waals surface area (Å²) in [7, 11) is 0. The third kappa shape index (κ3) is 6.87. The number of anilines is 1. The van der Waals surface area contributed by atoms with Crippen molar-refractivity contribution in [1.29, 1.82) is 0 Å². The molecule has 0 atom stereocenters. The maximum Gasteiger partial charge on any atom is 0.335 e. The quantitative estimate of drug-likeness (QED) is 0.617. The van der Waals surface area contributed by atoms with Gasteiger partial charge in [0.05, 0.1) is 5.56 Å². The van der Waals surface area contributed by atoms with Crippen LogP contribution in [0.25, 0.3) is 0 Å². The number of carboxylic acids is 1. The molecule has 0 unspecified atom stereocenters. The minimum Gasteiger partial charge on any atom is -0.478 e. The van der Waals surface area contributed by atoms with E-state index >= 15 is 0 Å². The highest BCUT2D eigenvalue weighted by Crippen LogP contribution is 2.13. The molecule has 6 nitrogen and oxygen atoms in total. The van der Waals surface area contributed by atoms with Crippen LogP contribution < -0.4 is 10.6 Å². The van der Waals surface area contributed by atoms with Gasteiger partial charge in [0.15, 0.2) is 0 Å². The zero-order valence-corrected chi connectivity index (χ0v) is 16.2. The average molecular weight is 382 g/mol. The highest BCUT2D eigenvalue weighted by molar-refractivity contribution is 5.91. The summed E-state index contributed by atoms with van der Waals surface area (Å²) in [6.07, 6.45) is 1.02. The van der Waals surface area contributed by atoms with E-state index in [1.165, 1.54) is 6.07 Å². The molecule has 2 aromatic rings. The molecule has 3 N–H and O–H groups in total. The molecule has 0 aromatic heterocycles. The largest absolute Gasteiger partial charge is 0.478 e. The molecular formula is C22H26N2O4. The van der Waals surface area contributed by atoms with Gasteiger partial charge in [-0.1, -0.05) is 44.2 Å². The fourth-order valence-corrected chi connectivity index (χ4v) is 2.83. The fourth-order valence-electron chi connectivity index (χ4n) is 2.83. The molecule has 0 saturated heterocycles. The molecule has 0 spiro atoms. The van der Waals surface area contributed by atoms with Crippen molar-refractivity contribution in [3.8, 4) is 0 Å². The van der Waals surface area contributed by atoms with Gasteiger partial charge < -0.3 is 15.7 Å². The summed E-state index contributed by atoms with van der Waals surface area (Å²) in [5.74, 6) is -0.899. The lowest BCUT2D eigenvalue weighted by molar-refractivity contribution is -0.121. The van der Waals surface area contributed by atoms with Crippen LogP contribution in [0.5, 0.6) is 0 Å². The van der Waals surface area contributed by atoms with Crippen molar-refractivity contribution < 1.29 is 19.5 Å². The van der Waals surface area contributed by atoms with E-state index in [2.05, 4.69) is 10.6 Å². The average Bonchev–Trinajstić information content (AvgIpc) is 2.64. The Morgan fingerprint density at radius 3 is 2.46 bits per heavy atom. The van der Waals surface area contributed by atoms with Crippen LogP contribution in [0.1, 0.15) is 48.2 Å². The SMILES string of the molecule is CC(C)CC(=O)Nc1cccc(CNC(=O)CCc2ccccc2C(=O)O)c1. The number of hydrogen-bond donors (Lipinski definition) is 3. The Kier molecular flexibility index (Phi) is 7.75. The highest BCUT2D eigenvalue weighted by Gasteiger charge is 2.11. The van der Waals surface area contributed by atoms with Crippen LogP contribution in [0.2, 0.25) is 0 Å². The summed E-state index contributed by atoms with van der Waals surface area (Å²) in [5.41, 5.74) is 2.44. The molecule has 0 aliphatic rings. The predicted octanol–water partition coefficient (Wildman–Crippen LogP) is 3.62. The topological polar surface area (TPSA) is 95.5 Å². The molecule has 2 aromatic carbocycles. The number of rotatable bonds is 9. The number of aryl methyl sites for hydroxylation is 1. The van der Waals surface area contributed by atoms with E-state index in [1.807, 2.05) is 38.1 Å². The van der Waals surface area contributed by atoms with Gasteiger partial charge in [-0.3, -0.25) is 9.59 Å². The molecule has 6 heteroatoms. The van der Waals surface area contributed by atoms with Crippen LogP contribution in [0.4, 0.5) is 5.69 Å². The molecule has 0 aliphatic carbocycles. The summed E-state index contributed by atoms with van der Waals surface area (Å²) in [6, 6.07) is 14.0. The van der Waals surface area contributed by atoms with Gasteiger partial charge in [0.1, 0.15) is 0 Å². The van der Waals surface area contributed by atoms with Crippen molar-refractivity contribution in [1.82, 2.24) is 5.32 Å². The van der Waals surface area contributed by atoms with Crippen molar-refractivity contribution in [3.05, 3.63) is 65.2 Å². The van der Waals surface area contributed by atoms with Crippen LogP contribution in [0, 0.1) is 5.92 Å². The summed E-state index contributed by atoms with van der Waals surface area (Å²) >= 11 is 0. The fraction of sp³-hybridized carbons (Fsp3) is 0.318. The first-order valence-corrected chi connectivity index (χ1v) is 9.32. The van der Waals surface area contributed by atoms with E-state index in [-0.39, 0.29) is 29.7 Å². The minimum atomic E-state index is -0.993. The van der Waals surface area contributed by atoms with Crippen molar-refractivity contribution in [2.24, 2.45) is 5.92 Å². The molecule has 0 saturated carbocycles. The molecule has 2 amide bonds. The van der Waals surface area contributed by atoms with Gasteiger partial charge in [-0.2, -0.15) is 0 Å². The lowest BCUT2D eigenvalue weighted by atomic mass is 10.0. The van der Waals surface area contributed by atoms with Crippen LogP contribution >= 0.6 is 0 Å². The monoisotopic (exact) mass is 382 g/mol. The Balaban J connectivity index is 1.85. The van der Waals surface area contributed by atoms with Gasteiger partial charge in [-0.05, 0) is 41.7 Å². The molecule has 0 bridgehead atoms. The van der Waals surface area contributed by atoms with Gasteiger partial charge in [-0.15, -0.1) is 0 Å². The van der Waals surface area contributed by atoms with Crippen LogP contribution in [0.3, 0.4) is 0 Å². The predicted molar refractivity (Wildman–Crippen MR) is 108 cm³/mol. The van der Waals surface area contributed by atoms with Crippen molar-refractivity contribution in [3.63, 3.8) is 0 Å². The van der Waals surface area contributed by atoms with E-state index in [0.717, 1.165) is 5.56 Å². The van der Waals surface area contributed by atoms with Gasteiger partial charge in [0, 0.05) is 25.1 Å². The lowest BCUT2D eigenvalue weighted by Crippen LogP contribution is -2.23. The number of carbonyl (C=O) groups is 3. The van der Waals surface area contributed by atoms with Crippen LogP contribution in [-0.2, 0) is 22.6 Å². The molecule has 0 radical (unpaired) electrons. The maximum atomic E-state index is 12.1. The van der Waals surface area contributed by atoms with E-state index in [4.69, 9.17) is 0 Å². The second-order valence-electron chi connectivity index (χ2n) is 7.09. The summed E-state index contributed by atoms with van der Waals surface area (Å²) in [5, 5.41) is 14.9. The van der Waals surface area contributed by atoms with Crippen molar-refractivity contribution in [2.75, 3.05) is 5.32 Å². The lowest BCUT2D eigenvalue weighted by Gasteiger charge is -2.10. The number of nitrogens with one attached hydrogen (secondary N) is 2. The Morgan fingerprint density at radius 2 is 1.75 bits per heavy atom. The number of benzene rings is 2. The number of carbonyl (C=O) groups excluding carboxylic acids is 2. The molecule has 148 valence electrons. The van der Waals surface area contributed by atoms with Gasteiger partial charge >= 0.3 is 5.97 Å². The Morgan fingerprint density at radius 1 is 1.00 bits per heavy atom. The number of hydrogen-bond acceptors (Lipinski definition) is 3. The molecule has 0 aliphatic heterocycles. The van der Waals surface area contributed by atoms with Crippen LogP contribution in [-0.4, -0.2) is 22.9 Å². The number of carboxylic acid groups (broad SMARTS) is 1. The van der Waals surface area contributed by atoms with Gasteiger partial charge in [0.25, 0.3) is 0 Å². The second-order valence-corrected chi connectivity index (χ2v) is 7.09. The zero-order valence-electron chi connectivity index (χ0n) is 16.2. The summed E-state index contributed by atoms with van der Waals surface area (Å²) in [4.78, 5) is 35.2. The highest BCUT2D eigenvalue weighted by atomic mass is 16.4. The minimum absolute atomic E-state index is 0.0340. The first-order valence-electron chi connectivity index (χ1n) is 9.32. The van der Waals surface area contributed by atoms with Crippen LogP contribution in [0.15, 0.2) is 48.5 Å². The van der Waals surface area contributed by atoms with Crippen molar-refractivity contribution in [2.45, 2.75) is 39.7 Å². The van der Waals surface area contributed by atoms with E-state index in [9.17, 15) is 19.5 Å². The summed E-state index contributed by atoms with van der Waals surface area (Å²) < 4.78 is 0. The van der Waals surface area contributed by atoms with Gasteiger partial charge in [0.2, 0.25) is 11.8 Å². The standard InChI is InChI=1S/C22H26N2O4/c1-15(2)12-21(26)24-18-8-5-6-16(13-18)14-23-20(25)11-10-17-7-3-4-9-19(17)22(27)28/h3-9,13,15H,10-12,14H2,1-2H3,(H,23,25)(H,24,26)(H,27,28). The number of amides is 2. The number of aromatic carboxylic acids is 1. The maximum absolute atomic E-state index is 12.1. The third-order valence-electron chi connectivity index (χ3n) is 4.16. The third-order valence-corrected chi connectivity index (χ3v) is 4.16. The van der Waals surface area contributed by atoms with Gasteiger partial charge in [-0.25, -0.2) is 4.79 Å². The Bertz CT molecular complexity index is 846. The molecule has 0 heterocycles. The van der Waals surface area contributed by atoms with E-state index in [1.54, 1.807) is 18.2 Å². The Labute approximate surface area is 165 Å². The second kappa shape index (κ2) is 10.3. The zero-order chi connectivity index (χ0) is 20.5. The Hall–Kier alpha value is -3.15. The smallest absolute Gasteiger partial charge is 0.335 e. The first kappa shape index (κ1) is 21.2. The van der Waals surface area contributed by atoms with Crippen molar-refractivity contribution >= 4 is 23.5 Å². The first-order chi connectivity index (χ1) is 13.3. The normalized spacial score (nSPS) is 10.5. The molecule has 28 heavy (non-hydrogen) atoms. The molecular weight excluding hydrogens is 356 g/mol. The van der Waals surface area contributed by atoms with E-state index < -0.39 is 5.97 Å². The van der Waals surface area contributed by atoms with E-state index in [0.29, 0.717) is 30.6 Å². The molecule has 2 rings (SSSR count).